The molecule has 2 aromatic carbocycles. The van der Waals surface area contributed by atoms with Crippen LogP contribution in [0.5, 0.6) is 0 Å². The zero-order valence-corrected chi connectivity index (χ0v) is 25.7. The summed E-state index contributed by atoms with van der Waals surface area (Å²) in [4.78, 5) is 28.4. The number of benzene rings is 2. The van der Waals surface area contributed by atoms with Crippen LogP contribution in [0.25, 0.3) is 21.8 Å². The smallest absolute Gasteiger partial charge is 0.416 e. The monoisotopic (exact) mass is 625 g/mol. The first-order valence-corrected chi connectivity index (χ1v) is 15.1. The molecule has 0 radical (unpaired) electrons. The predicted octanol–water partition coefficient (Wildman–Crippen LogP) is 7.68. The van der Waals surface area contributed by atoms with Gasteiger partial charge in [0.15, 0.2) is 0 Å². The fourth-order valence-electron chi connectivity index (χ4n) is 4.90. The molecule has 1 fully saturated rings. The van der Waals surface area contributed by atoms with Gasteiger partial charge in [0.1, 0.15) is 16.2 Å². The minimum atomic E-state index is -4.54. The van der Waals surface area contributed by atoms with Crippen LogP contribution in [-0.4, -0.2) is 49.7 Å². The first-order valence-electron chi connectivity index (χ1n) is 14.3. The highest BCUT2D eigenvalue weighted by Gasteiger charge is 2.40. The Kier molecular flexibility index (Phi) is 8.68. The van der Waals surface area contributed by atoms with Crippen molar-refractivity contribution in [2.75, 3.05) is 18.4 Å². The van der Waals surface area contributed by atoms with Crippen LogP contribution in [0.15, 0.2) is 66.9 Å². The third-order valence-corrected chi connectivity index (χ3v) is 8.54. The molecule has 0 unspecified atom stereocenters. The van der Waals surface area contributed by atoms with Crippen LogP contribution in [0.2, 0.25) is 0 Å². The highest BCUT2D eigenvalue weighted by atomic mass is 32.1. The lowest BCUT2D eigenvalue weighted by molar-refractivity contribution is -0.137. The molecule has 8 nitrogen and oxygen atoms in total. The van der Waals surface area contributed by atoms with Crippen molar-refractivity contribution in [2.45, 2.75) is 64.0 Å². The van der Waals surface area contributed by atoms with Gasteiger partial charge in [-0.3, -0.25) is 0 Å². The van der Waals surface area contributed by atoms with Gasteiger partial charge >= 0.3 is 12.3 Å². The van der Waals surface area contributed by atoms with E-state index in [4.69, 9.17) is 14.7 Å². The number of carbonyl (C=O) groups excluding carboxylic acids is 1. The maximum absolute atomic E-state index is 13.7. The second-order valence-corrected chi connectivity index (χ2v) is 12.8. The van der Waals surface area contributed by atoms with Crippen LogP contribution in [0, 0.1) is 0 Å². The number of aliphatic hydroxyl groups is 1. The second-order valence-electron chi connectivity index (χ2n) is 11.8. The molecule has 1 saturated heterocycles. The molecule has 3 heterocycles. The number of piperidine rings is 1. The van der Waals surface area contributed by atoms with E-state index in [1.54, 1.807) is 39.1 Å². The summed E-state index contributed by atoms with van der Waals surface area (Å²) in [7, 11) is 0. The zero-order valence-electron chi connectivity index (χ0n) is 24.9. The Labute approximate surface area is 258 Å². The lowest BCUT2D eigenvalue weighted by Gasteiger charge is -2.37. The third kappa shape index (κ3) is 7.19. The van der Waals surface area contributed by atoms with Gasteiger partial charge in [-0.2, -0.15) is 13.2 Å². The normalized spacial score (nSPS) is 16.0. The van der Waals surface area contributed by atoms with Gasteiger partial charge in [0, 0.05) is 37.7 Å². The molecule has 0 saturated carbocycles. The van der Waals surface area contributed by atoms with Crippen molar-refractivity contribution >= 4 is 23.4 Å². The Balaban J connectivity index is 1.49. The Bertz CT molecular complexity index is 1610. The average Bonchev–Trinajstić information content (AvgIpc) is 3.44. The highest BCUT2D eigenvalue weighted by molar-refractivity contribution is 7.15. The summed E-state index contributed by atoms with van der Waals surface area (Å²) < 4.78 is 46.4. The third-order valence-electron chi connectivity index (χ3n) is 7.26. The standard InChI is InChI=1S/C32H34F3N5O3S/c1-20(21-9-6-5-7-10-21)37-28-36-16-13-24(38-28)26-25(22-11-8-12-23(19-22)32(33,34)35)39-27(44-26)31(42)14-17-40(18-15-31)29(41)43-30(2,3)4/h5-13,16,19-20,42H,14-15,17-18H2,1-4H3,(H,36,37,38)/t20-/m0/s1. The lowest BCUT2D eigenvalue weighted by atomic mass is 9.92. The van der Waals surface area contributed by atoms with E-state index in [1.807, 2.05) is 37.3 Å². The number of alkyl halides is 3. The van der Waals surface area contributed by atoms with Crippen molar-refractivity contribution in [1.82, 2.24) is 19.9 Å². The molecule has 12 heteroatoms. The minimum absolute atomic E-state index is 0.109. The summed E-state index contributed by atoms with van der Waals surface area (Å²) in [5.74, 6) is 0.341. The number of thiazole rings is 1. The van der Waals surface area contributed by atoms with Crippen molar-refractivity contribution in [1.29, 1.82) is 0 Å². The van der Waals surface area contributed by atoms with Crippen molar-refractivity contribution < 1.29 is 27.8 Å². The second kappa shape index (κ2) is 12.2. The SMILES string of the molecule is C[C@H](Nc1nccc(-c2sc(C3(O)CCN(C(=O)OC(C)(C)C)CC3)nc2-c2cccc(C(F)(F)F)c2)n1)c1ccccc1. The number of carbonyl (C=O) groups is 1. The van der Waals surface area contributed by atoms with Crippen LogP contribution in [0.1, 0.15) is 62.7 Å². The van der Waals surface area contributed by atoms with Crippen LogP contribution >= 0.6 is 11.3 Å². The molecule has 44 heavy (non-hydrogen) atoms. The first kappa shape index (κ1) is 31.4. The summed E-state index contributed by atoms with van der Waals surface area (Å²) in [6.07, 6.45) is -3.05. The summed E-state index contributed by atoms with van der Waals surface area (Å²) in [6.45, 7) is 7.80. The van der Waals surface area contributed by atoms with Gasteiger partial charge in [-0.25, -0.2) is 19.7 Å². The summed E-state index contributed by atoms with van der Waals surface area (Å²) >= 11 is 1.17. The number of hydrogen-bond acceptors (Lipinski definition) is 8. The van der Waals surface area contributed by atoms with E-state index in [0.29, 0.717) is 21.5 Å². The molecule has 1 aliphatic rings. The topological polar surface area (TPSA) is 100 Å². The van der Waals surface area contributed by atoms with E-state index < -0.39 is 29.0 Å². The zero-order chi connectivity index (χ0) is 31.7. The molecular weight excluding hydrogens is 591 g/mol. The minimum Gasteiger partial charge on any atom is -0.444 e. The summed E-state index contributed by atoms with van der Waals surface area (Å²) in [5.41, 5.74) is -0.841. The number of halogens is 3. The van der Waals surface area contributed by atoms with Crippen LogP contribution in [0.4, 0.5) is 23.9 Å². The predicted molar refractivity (Wildman–Crippen MR) is 163 cm³/mol. The van der Waals surface area contributed by atoms with E-state index in [9.17, 15) is 23.1 Å². The molecule has 232 valence electrons. The number of likely N-dealkylation sites (tertiary alicyclic amines) is 1. The molecule has 5 rings (SSSR count). The van der Waals surface area contributed by atoms with E-state index in [1.165, 1.54) is 22.3 Å². The number of aromatic nitrogens is 3. The summed E-state index contributed by atoms with van der Waals surface area (Å²) in [5, 5.41) is 15.4. The van der Waals surface area contributed by atoms with Crippen molar-refractivity contribution in [3.8, 4) is 21.8 Å². The fourth-order valence-corrected chi connectivity index (χ4v) is 6.11. The van der Waals surface area contributed by atoms with E-state index in [2.05, 4.69) is 10.3 Å². The largest absolute Gasteiger partial charge is 0.444 e. The van der Waals surface area contributed by atoms with Gasteiger partial charge in [-0.15, -0.1) is 11.3 Å². The number of ether oxygens (including phenoxy) is 1. The number of rotatable bonds is 6. The fraction of sp³-hybridized carbons (Fsp3) is 0.375. The van der Waals surface area contributed by atoms with E-state index >= 15 is 0 Å². The molecule has 0 bridgehead atoms. The molecule has 0 aliphatic carbocycles. The molecule has 1 amide bonds. The maximum Gasteiger partial charge on any atom is 0.416 e. The van der Waals surface area contributed by atoms with E-state index in [-0.39, 0.29) is 43.2 Å². The Morgan fingerprint density at radius 2 is 1.75 bits per heavy atom. The van der Waals surface area contributed by atoms with E-state index in [0.717, 1.165) is 17.7 Å². The molecule has 0 spiro atoms. The average molecular weight is 626 g/mol. The van der Waals surface area contributed by atoms with Crippen molar-refractivity contribution in [3.05, 3.63) is 83.0 Å². The Hall–Kier alpha value is -4.03. The molecule has 2 aromatic heterocycles. The quantitative estimate of drug-likeness (QED) is 0.227. The number of nitrogens with zero attached hydrogens (tertiary/aromatic N) is 4. The maximum atomic E-state index is 13.7. The van der Waals surface area contributed by atoms with Crippen molar-refractivity contribution in [2.24, 2.45) is 0 Å². The first-order chi connectivity index (χ1) is 20.7. The van der Waals surface area contributed by atoms with Gasteiger partial charge in [-0.1, -0.05) is 42.5 Å². The highest BCUT2D eigenvalue weighted by Crippen LogP contribution is 2.44. The Morgan fingerprint density at radius 1 is 1.05 bits per heavy atom. The van der Waals surface area contributed by atoms with Gasteiger partial charge < -0.3 is 20.1 Å². The van der Waals surface area contributed by atoms with Gasteiger partial charge in [0.2, 0.25) is 5.95 Å². The van der Waals surface area contributed by atoms with Crippen LogP contribution < -0.4 is 5.32 Å². The van der Waals surface area contributed by atoms with Gasteiger partial charge in [0.25, 0.3) is 0 Å². The lowest BCUT2D eigenvalue weighted by Crippen LogP contribution is -2.46. The van der Waals surface area contributed by atoms with Crippen molar-refractivity contribution in [3.63, 3.8) is 0 Å². The number of hydrogen-bond donors (Lipinski definition) is 2. The van der Waals surface area contributed by atoms with Crippen LogP contribution in [-0.2, 0) is 16.5 Å². The molecular formula is C32H34F3N5O3S. The van der Waals surface area contributed by atoms with Gasteiger partial charge in [-0.05, 0) is 51.5 Å². The number of amides is 1. The molecule has 2 N–H and O–H groups in total. The molecule has 1 aliphatic heterocycles. The Morgan fingerprint density at radius 3 is 2.41 bits per heavy atom. The van der Waals surface area contributed by atoms with Gasteiger partial charge in [0.05, 0.1) is 27.9 Å². The molecule has 1 atom stereocenters. The summed E-state index contributed by atoms with van der Waals surface area (Å²) in [6, 6.07) is 16.3. The van der Waals surface area contributed by atoms with Crippen LogP contribution in [0.3, 0.4) is 0 Å². The molecule has 4 aromatic rings. The number of nitrogens with one attached hydrogen (secondary N) is 1. The number of anilines is 1.